The molecule has 2 N–H and O–H groups in total. The van der Waals surface area contributed by atoms with E-state index in [2.05, 4.69) is 23.8 Å². The van der Waals surface area contributed by atoms with Crippen molar-refractivity contribution in [2.24, 2.45) is 0 Å². The summed E-state index contributed by atoms with van der Waals surface area (Å²) in [6.07, 6.45) is 2.39. The Hall–Kier alpha value is -2.44. The monoisotopic (exact) mass is 412 g/mol. The van der Waals surface area contributed by atoms with Crippen molar-refractivity contribution in [3.05, 3.63) is 65.0 Å². The highest BCUT2D eigenvalue weighted by molar-refractivity contribution is 5.69. The van der Waals surface area contributed by atoms with Gasteiger partial charge in [-0.1, -0.05) is 25.1 Å². The van der Waals surface area contributed by atoms with Crippen LogP contribution in [0.4, 0.5) is 4.39 Å². The summed E-state index contributed by atoms with van der Waals surface area (Å²) in [4.78, 5) is 16.2. The van der Waals surface area contributed by atoms with E-state index in [9.17, 15) is 19.4 Å². The van der Waals surface area contributed by atoms with E-state index < -0.39 is 5.97 Å². The molecule has 0 spiro atoms. The number of phenols is 1. The molecule has 1 fully saturated rings. The maximum Gasteiger partial charge on any atom is 0.317 e. The summed E-state index contributed by atoms with van der Waals surface area (Å²) in [7, 11) is 2.11. The number of carboxylic acids is 1. The number of halogens is 1. The van der Waals surface area contributed by atoms with Crippen LogP contribution in [0.5, 0.6) is 5.75 Å². The molecule has 3 atom stereocenters. The van der Waals surface area contributed by atoms with Crippen LogP contribution in [0.1, 0.15) is 30.0 Å². The van der Waals surface area contributed by atoms with Gasteiger partial charge in [-0.2, -0.15) is 0 Å². The first-order chi connectivity index (χ1) is 14.3. The van der Waals surface area contributed by atoms with Gasteiger partial charge in [0.15, 0.2) is 0 Å². The smallest absolute Gasteiger partial charge is 0.317 e. The Morgan fingerprint density at radius 2 is 2.00 bits per heavy atom. The number of fused-ring (bicyclic) bond motifs is 4. The quantitative estimate of drug-likeness (QED) is 0.764. The first-order valence-electron chi connectivity index (χ1n) is 10.5. The molecule has 1 saturated heterocycles. The number of likely N-dealkylation sites (N-methyl/N-ethyl adjacent to an activating group) is 1. The van der Waals surface area contributed by atoms with Gasteiger partial charge >= 0.3 is 5.97 Å². The van der Waals surface area contributed by atoms with E-state index in [0.717, 1.165) is 30.5 Å². The van der Waals surface area contributed by atoms with Crippen molar-refractivity contribution in [2.45, 2.75) is 43.7 Å². The van der Waals surface area contributed by atoms with Crippen molar-refractivity contribution < 1.29 is 19.4 Å². The molecule has 4 rings (SSSR count). The normalized spacial score (nSPS) is 25.9. The number of carbonyl (C=O) groups is 1. The number of nitrogens with zero attached hydrogens (tertiary/aromatic N) is 2. The molecule has 0 aromatic heterocycles. The van der Waals surface area contributed by atoms with E-state index in [1.54, 1.807) is 18.2 Å². The first kappa shape index (κ1) is 20.8. The fraction of sp³-hybridized carbons (Fsp3) is 0.458. The highest BCUT2D eigenvalue weighted by Gasteiger charge is 2.52. The Bertz CT molecular complexity index is 933. The molecule has 5 nitrogen and oxygen atoms in total. The molecule has 2 bridgehead atoms. The van der Waals surface area contributed by atoms with Crippen LogP contribution in [0.15, 0.2) is 42.5 Å². The van der Waals surface area contributed by atoms with Gasteiger partial charge in [0.25, 0.3) is 0 Å². The lowest BCUT2D eigenvalue weighted by molar-refractivity contribution is -0.140. The molecule has 1 aliphatic carbocycles. The van der Waals surface area contributed by atoms with Crippen molar-refractivity contribution in [1.82, 2.24) is 9.80 Å². The predicted octanol–water partition coefficient (Wildman–Crippen LogP) is 3.05. The minimum Gasteiger partial charge on any atom is -0.508 e. The Kier molecular flexibility index (Phi) is 5.55. The van der Waals surface area contributed by atoms with Gasteiger partial charge in [0.1, 0.15) is 11.6 Å². The second-order valence-electron chi connectivity index (χ2n) is 8.95. The molecule has 30 heavy (non-hydrogen) atoms. The maximum atomic E-state index is 13.3. The van der Waals surface area contributed by atoms with Crippen LogP contribution in [-0.4, -0.2) is 64.7 Å². The molecular formula is C24H29FN2O3. The third kappa shape index (κ3) is 3.82. The summed E-state index contributed by atoms with van der Waals surface area (Å²) < 4.78 is 13.3. The summed E-state index contributed by atoms with van der Waals surface area (Å²) in [5, 5.41) is 19.8. The second kappa shape index (κ2) is 8.00. The van der Waals surface area contributed by atoms with Gasteiger partial charge in [0.05, 0.1) is 6.54 Å². The van der Waals surface area contributed by atoms with Crippen molar-refractivity contribution in [3.8, 4) is 5.75 Å². The van der Waals surface area contributed by atoms with Gasteiger partial charge in [-0.25, -0.2) is 4.39 Å². The summed E-state index contributed by atoms with van der Waals surface area (Å²) in [5.41, 5.74) is 3.11. The number of hydrogen-bond acceptors (Lipinski definition) is 4. The fourth-order valence-corrected chi connectivity index (χ4v) is 5.51. The van der Waals surface area contributed by atoms with Crippen LogP contribution >= 0.6 is 0 Å². The van der Waals surface area contributed by atoms with Crippen molar-refractivity contribution in [3.63, 3.8) is 0 Å². The molecule has 2 aromatic rings. The van der Waals surface area contributed by atoms with Gasteiger partial charge in [0.2, 0.25) is 0 Å². The van der Waals surface area contributed by atoms with Crippen LogP contribution < -0.4 is 0 Å². The van der Waals surface area contributed by atoms with E-state index in [1.165, 1.54) is 17.7 Å². The average Bonchev–Trinajstić information content (AvgIpc) is 2.70. The Morgan fingerprint density at radius 1 is 1.27 bits per heavy atom. The molecule has 1 heterocycles. The number of likely N-dealkylation sites (tertiary alicyclic amines) is 1. The lowest BCUT2D eigenvalue weighted by Gasteiger charge is -2.58. The third-order valence-electron chi connectivity index (χ3n) is 7.04. The van der Waals surface area contributed by atoms with Gasteiger partial charge < -0.3 is 15.1 Å². The SMILES string of the molecule is CN1CCC2(C)c3cc(O)ccc3C[C@@H]1[C@@H]2N(CCc1ccc(F)cc1)CC(=O)O. The minimum atomic E-state index is -0.847. The molecule has 160 valence electrons. The molecule has 1 unspecified atom stereocenters. The van der Waals surface area contributed by atoms with Crippen LogP contribution in [0.25, 0.3) is 0 Å². The fourth-order valence-electron chi connectivity index (χ4n) is 5.51. The van der Waals surface area contributed by atoms with Gasteiger partial charge in [0, 0.05) is 24.0 Å². The minimum absolute atomic E-state index is 0.0158. The zero-order chi connectivity index (χ0) is 21.5. The number of aliphatic carboxylic acids is 1. The van der Waals surface area contributed by atoms with Crippen LogP contribution in [0.3, 0.4) is 0 Å². The van der Waals surface area contributed by atoms with E-state index in [0.29, 0.717) is 13.0 Å². The third-order valence-corrected chi connectivity index (χ3v) is 7.04. The Labute approximate surface area is 176 Å². The highest BCUT2D eigenvalue weighted by Crippen LogP contribution is 2.47. The summed E-state index contributed by atoms with van der Waals surface area (Å²) >= 11 is 0. The molecular weight excluding hydrogens is 383 g/mol. The van der Waals surface area contributed by atoms with E-state index >= 15 is 0 Å². The molecule has 0 radical (unpaired) electrons. The van der Waals surface area contributed by atoms with Crippen LogP contribution in [0, 0.1) is 5.82 Å². The van der Waals surface area contributed by atoms with Gasteiger partial charge in [-0.05, 0) is 73.8 Å². The summed E-state index contributed by atoms with van der Waals surface area (Å²) in [6.45, 7) is 3.68. The van der Waals surface area contributed by atoms with E-state index in [-0.39, 0.29) is 35.6 Å². The number of piperidine rings is 1. The standard InChI is InChI=1S/C24H29FN2O3/c1-24-10-12-26(2)21(13-17-5-8-19(28)14-20(17)24)23(24)27(15-22(29)30)11-9-16-3-6-18(25)7-4-16/h3-8,14,21,23,28H,9-13,15H2,1-2H3,(H,29,30)/t21-,23+,24?/m1/s1. The van der Waals surface area contributed by atoms with Crippen molar-refractivity contribution in [2.75, 3.05) is 26.7 Å². The van der Waals surface area contributed by atoms with E-state index in [4.69, 9.17) is 0 Å². The number of carboxylic acid groups (broad SMARTS) is 1. The predicted molar refractivity (Wildman–Crippen MR) is 113 cm³/mol. The van der Waals surface area contributed by atoms with Crippen LogP contribution in [0.2, 0.25) is 0 Å². The molecule has 0 saturated carbocycles. The zero-order valence-corrected chi connectivity index (χ0v) is 17.5. The number of phenolic OH excluding ortho intramolecular Hbond substituents is 1. The number of rotatable bonds is 6. The van der Waals surface area contributed by atoms with Gasteiger partial charge in [-0.3, -0.25) is 9.69 Å². The average molecular weight is 413 g/mol. The Morgan fingerprint density at radius 3 is 2.70 bits per heavy atom. The molecule has 2 aliphatic rings. The molecule has 2 aromatic carbocycles. The largest absolute Gasteiger partial charge is 0.508 e. The highest BCUT2D eigenvalue weighted by atomic mass is 19.1. The summed E-state index contributed by atoms with van der Waals surface area (Å²) in [5.74, 6) is -0.865. The lowest BCUT2D eigenvalue weighted by atomic mass is 9.61. The molecule has 6 heteroatoms. The zero-order valence-electron chi connectivity index (χ0n) is 17.5. The number of benzene rings is 2. The maximum absolute atomic E-state index is 13.3. The molecule has 1 aliphatic heterocycles. The number of aromatic hydroxyl groups is 1. The van der Waals surface area contributed by atoms with E-state index in [1.807, 2.05) is 12.1 Å². The first-order valence-corrected chi connectivity index (χ1v) is 10.5. The Balaban J connectivity index is 1.69. The summed E-state index contributed by atoms with van der Waals surface area (Å²) in [6, 6.07) is 12.2. The topological polar surface area (TPSA) is 64.0 Å². The second-order valence-corrected chi connectivity index (χ2v) is 8.95. The lowest BCUT2D eigenvalue weighted by Crippen LogP contribution is -2.67. The van der Waals surface area contributed by atoms with Crippen molar-refractivity contribution >= 4 is 5.97 Å². The van der Waals surface area contributed by atoms with Crippen LogP contribution in [-0.2, 0) is 23.1 Å². The number of hydrogen-bond donors (Lipinski definition) is 2. The van der Waals surface area contributed by atoms with Gasteiger partial charge in [-0.15, -0.1) is 0 Å². The molecule has 0 amide bonds. The van der Waals surface area contributed by atoms with Crippen molar-refractivity contribution in [1.29, 1.82) is 0 Å².